The molecule has 4 nitrogen and oxygen atoms in total. The van der Waals surface area contributed by atoms with Gasteiger partial charge in [0.1, 0.15) is 17.8 Å². The second-order valence-corrected chi connectivity index (χ2v) is 5.10. The number of fused-ring (bicyclic) bond motifs is 1. The van der Waals surface area contributed by atoms with Crippen LogP contribution in [0, 0.1) is 0 Å². The van der Waals surface area contributed by atoms with E-state index in [1.54, 1.807) is 6.33 Å². The van der Waals surface area contributed by atoms with Gasteiger partial charge in [-0.3, -0.25) is 0 Å². The van der Waals surface area contributed by atoms with Crippen LogP contribution in [0.25, 0.3) is 11.0 Å². The average molecular weight is 304 g/mol. The summed E-state index contributed by atoms with van der Waals surface area (Å²) >= 11 is 0. The molecule has 22 heavy (non-hydrogen) atoms. The first-order chi connectivity index (χ1) is 10.4. The van der Waals surface area contributed by atoms with E-state index in [4.69, 9.17) is 0 Å². The normalized spacial score (nSPS) is 14.1. The molecule has 0 fully saturated rings. The SMILES string of the molecule is C1=CCC=CC(Nc2ncnc3[nH]ccc23)=C1.CC(C)(F)F. The molecule has 6 heteroatoms. The predicted molar refractivity (Wildman–Crippen MR) is 84.8 cm³/mol. The van der Waals surface area contributed by atoms with Crippen LogP contribution in [-0.2, 0) is 0 Å². The molecule has 0 saturated carbocycles. The molecule has 3 rings (SSSR count). The maximum atomic E-state index is 11.0. The minimum atomic E-state index is -2.50. The Morgan fingerprint density at radius 3 is 2.77 bits per heavy atom. The van der Waals surface area contributed by atoms with Crippen LogP contribution in [-0.4, -0.2) is 20.9 Å². The van der Waals surface area contributed by atoms with Gasteiger partial charge < -0.3 is 10.3 Å². The molecule has 0 amide bonds. The summed E-state index contributed by atoms with van der Waals surface area (Å²) in [6, 6.07) is 1.97. The van der Waals surface area contributed by atoms with E-state index in [0.717, 1.165) is 42.8 Å². The summed E-state index contributed by atoms with van der Waals surface area (Å²) in [5, 5.41) is 4.30. The van der Waals surface area contributed by atoms with Crippen LogP contribution in [0.3, 0.4) is 0 Å². The van der Waals surface area contributed by atoms with E-state index in [1.807, 2.05) is 24.4 Å². The fraction of sp³-hybridized carbons (Fsp3) is 0.250. The lowest BCUT2D eigenvalue weighted by Crippen LogP contribution is -1.99. The zero-order valence-corrected chi connectivity index (χ0v) is 12.5. The van der Waals surface area contributed by atoms with Crippen LogP contribution in [0.1, 0.15) is 20.3 Å². The number of halogens is 2. The Balaban J connectivity index is 0.000000309. The molecule has 116 valence electrons. The van der Waals surface area contributed by atoms with E-state index in [0.29, 0.717) is 0 Å². The van der Waals surface area contributed by atoms with Gasteiger partial charge in [0.15, 0.2) is 0 Å². The summed E-state index contributed by atoms with van der Waals surface area (Å²) in [5.74, 6) is -1.68. The highest BCUT2D eigenvalue weighted by atomic mass is 19.3. The Bertz CT molecular complexity index is 702. The third-order valence-electron chi connectivity index (χ3n) is 2.60. The first kappa shape index (κ1) is 15.9. The van der Waals surface area contributed by atoms with Crippen LogP contribution in [0.5, 0.6) is 0 Å². The van der Waals surface area contributed by atoms with E-state index in [1.165, 1.54) is 0 Å². The van der Waals surface area contributed by atoms with Gasteiger partial charge in [0.05, 0.1) is 5.39 Å². The topological polar surface area (TPSA) is 53.6 Å². The van der Waals surface area contributed by atoms with Crippen LogP contribution in [0.4, 0.5) is 14.6 Å². The molecule has 0 atom stereocenters. The Kier molecular flexibility index (Phi) is 5.04. The highest BCUT2D eigenvalue weighted by Crippen LogP contribution is 2.19. The second-order valence-electron chi connectivity index (χ2n) is 5.10. The minimum Gasteiger partial charge on any atom is -0.346 e. The van der Waals surface area contributed by atoms with Crippen LogP contribution in [0.15, 0.2) is 54.7 Å². The Morgan fingerprint density at radius 2 is 2.00 bits per heavy atom. The number of nitrogens with zero attached hydrogens (tertiary/aromatic N) is 2. The molecule has 2 aromatic rings. The lowest BCUT2D eigenvalue weighted by Gasteiger charge is -2.06. The monoisotopic (exact) mass is 304 g/mol. The average Bonchev–Trinajstić information content (AvgIpc) is 2.76. The maximum Gasteiger partial charge on any atom is 0.242 e. The van der Waals surface area contributed by atoms with Gasteiger partial charge in [0.2, 0.25) is 5.92 Å². The molecule has 2 aromatic heterocycles. The van der Waals surface area contributed by atoms with Crippen LogP contribution >= 0.6 is 0 Å². The largest absolute Gasteiger partial charge is 0.346 e. The van der Waals surface area contributed by atoms with Crippen molar-refractivity contribution in [3.63, 3.8) is 0 Å². The smallest absolute Gasteiger partial charge is 0.242 e. The van der Waals surface area contributed by atoms with Crippen molar-refractivity contribution in [3.8, 4) is 0 Å². The van der Waals surface area contributed by atoms with Crippen molar-refractivity contribution in [2.45, 2.75) is 26.2 Å². The molecule has 2 heterocycles. The maximum absolute atomic E-state index is 11.0. The quantitative estimate of drug-likeness (QED) is 0.863. The summed E-state index contributed by atoms with van der Waals surface area (Å²) in [7, 11) is 0. The molecule has 0 saturated heterocycles. The molecular weight excluding hydrogens is 286 g/mol. The van der Waals surface area contributed by atoms with Gasteiger partial charge >= 0.3 is 0 Å². The van der Waals surface area contributed by atoms with Crippen molar-refractivity contribution < 1.29 is 8.78 Å². The number of anilines is 1. The summed E-state index contributed by atoms with van der Waals surface area (Å²) in [6.45, 7) is 1.71. The highest BCUT2D eigenvalue weighted by molar-refractivity contribution is 5.87. The van der Waals surface area contributed by atoms with E-state index in [2.05, 4.69) is 38.5 Å². The predicted octanol–water partition coefficient (Wildman–Crippen LogP) is 4.43. The Labute approximate surface area is 127 Å². The zero-order chi connectivity index (χ0) is 16.0. The number of H-pyrrole nitrogens is 1. The standard InChI is InChI=1S/C13H12N4.C3H6F2/c1-2-4-6-10(5-3-1)17-13-11-7-8-14-12(11)15-9-16-13;1-3(2,4)5/h1,3-9H,2H2,(H2,14,15,16,17);1-2H3. The number of alkyl halides is 2. The van der Waals surface area contributed by atoms with Crippen molar-refractivity contribution >= 4 is 16.9 Å². The van der Waals surface area contributed by atoms with E-state index in [9.17, 15) is 8.78 Å². The van der Waals surface area contributed by atoms with Gasteiger partial charge in [-0.15, -0.1) is 0 Å². The summed E-state index contributed by atoms with van der Waals surface area (Å²) in [4.78, 5) is 11.5. The van der Waals surface area contributed by atoms with Gasteiger partial charge in [-0.1, -0.05) is 18.2 Å². The minimum absolute atomic E-state index is 0.822. The Hall–Kier alpha value is -2.50. The van der Waals surface area contributed by atoms with Gasteiger partial charge in [0, 0.05) is 11.9 Å². The van der Waals surface area contributed by atoms with Gasteiger partial charge in [-0.05, 0) is 38.5 Å². The van der Waals surface area contributed by atoms with Gasteiger partial charge in [0.25, 0.3) is 0 Å². The fourth-order valence-electron chi connectivity index (χ4n) is 1.77. The van der Waals surface area contributed by atoms with Gasteiger partial charge in [-0.2, -0.15) is 0 Å². The number of aromatic amines is 1. The van der Waals surface area contributed by atoms with E-state index >= 15 is 0 Å². The van der Waals surface area contributed by atoms with Crippen molar-refractivity contribution in [2.24, 2.45) is 0 Å². The number of aromatic nitrogens is 3. The number of hydrogen-bond acceptors (Lipinski definition) is 3. The van der Waals surface area contributed by atoms with Crippen molar-refractivity contribution in [1.82, 2.24) is 15.0 Å². The Morgan fingerprint density at radius 1 is 1.23 bits per heavy atom. The van der Waals surface area contributed by atoms with Crippen LogP contribution in [0.2, 0.25) is 0 Å². The highest BCUT2D eigenvalue weighted by Gasteiger charge is 2.08. The lowest BCUT2D eigenvalue weighted by molar-refractivity contribution is 0.0437. The molecule has 0 aliphatic heterocycles. The molecule has 0 radical (unpaired) electrons. The van der Waals surface area contributed by atoms with E-state index < -0.39 is 5.92 Å². The third kappa shape index (κ3) is 5.12. The zero-order valence-electron chi connectivity index (χ0n) is 12.5. The van der Waals surface area contributed by atoms with Crippen molar-refractivity contribution in [3.05, 3.63) is 54.7 Å². The molecule has 1 aliphatic carbocycles. The molecule has 1 aliphatic rings. The number of allylic oxidation sites excluding steroid dienone is 5. The lowest BCUT2D eigenvalue weighted by atomic mass is 10.3. The molecule has 2 N–H and O–H groups in total. The third-order valence-corrected chi connectivity index (χ3v) is 2.60. The number of hydrogen-bond donors (Lipinski definition) is 2. The first-order valence-electron chi connectivity index (χ1n) is 6.90. The summed E-state index contributed by atoms with van der Waals surface area (Å²) in [6.07, 6.45) is 14.7. The van der Waals surface area contributed by atoms with Gasteiger partial charge in [-0.25, -0.2) is 18.7 Å². The first-order valence-corrected chi connectivity index (χ1v) is 6.90. The van der Waals surface area contributed by atoms with Crippen molar-refractivity contribution in [2.75, 3.05) is 5.32 Å². The summed E-state index contributed by atoms with van der Waals surface area (Å²) < 4.78 is 22.0. The second kappa shape index (κ2) is 6.98. The van der Waals surface area contributed by atoms with E-state index in [-0.39, 0.29) is 0 Å². The molecule has 0 unspecified atom stereocenters. The molecular formula is C16H18F2N4. The fourth-order valence-corrected chi connectivity index (χ4v) is 1.77. The number of nitrogens with one attached hydrogen (secondary N) is 2. The molecule has 0 bridgehead atoms. The summed E-state index contributed by atoms with van der Waals surface area (Å²) in [5.41, 5.74) is 1.87. The molecule has 0 aromatic carbocycles. The van der Waals surface area contributed by atoms with Crippen molar-refractivity contribution in [1.29, 1.82) is 0 Å². The molecule has 0 spiro atoms. The number of rotatable bonds is 2. The van der Waals surface area contributed by atoms with Crippen LogP contribution < -0.4 is 5.32 Å².